The Labute approximate surface area is 154 Å². The van der Waals surface area contributed by atoms with Gasteiger partial charge in [0.05, 0.1) is 19.8 Å². The Bertz CT molecular complexity index is 739. The molecule has 0 bridgehead atoms. The molecule has 5 heteroatoms. The van der Waals surface area contributed by atoms with Gasteiger partial charge in [-0.15, -0.1) is 0 Å². The van der Waals surface area contributed by atoms with Gasteiger partial charge in [0.15, 0.2) is 0 Å². The van der Waals surface area contributed by atoms with Gasteiger partial charge in [-0.25, -0.2) is 0 Å². The number of ether oxygens (including phenoxy) is 3. The summed E-state index contributed by atoms with van der Waals surface area (Å²) in [6.07, 6.45) is 1.77. The van der Waals surface area contributed by atoms with Crippen LogP contribution in [0.4, 0.5) is 0 Å². The molecule has 1 fully saturated rings. The lowest BCUT2D eigenvalue weighted by atomic mass is 9.74. The fourth-order valence-corrected chi connectivity index (χ4v) is 3.45. The van der Waals surface area contributed by atoms with Crippen LogP contribution in [0.2, 0.25) is 0 Å². The van der Waals surface area contributed by atoms with Crippen molar-refractivity contribution < 1.29 is 19.0 Å². The number of amides is 1. The van der Waals surface area contributed by atoms with E-state index in [0.29, 0.717) is 36.8 Å². The summed E-state index contributed by atoms with van der Waals surface area (Å²) in [5.41, 5.74) is 1.64. The molecule has 138 valence electrons. The molecule has 1 aliphatic rings. The molecule has 1 heterocycles. The van der Waals surface area contributed by atoms with Crippen LogP contribution < -0.4 is 14.8 Å². The van der Waals surface area contributed by atoms with Gasteiger partial charge in [-0.2, -0.15) is 0 Å². The second-order valence-electron chi connectivity index (χ2n) is 6.51. The molecule has 5 nitrogen and oxygen atoms in total. The highest BCUT2D eigenvalue weighted by Crippen LogP contribution is 2.34. The van der Waals surface area contributed by atoms with E-state index in [-0.39, 0.29) is 11.3 Å². The SMILES string of the molecule is COc1ccc(C(=O)NCC2(c3ccccc3)CCOCC2)c(OC)c1. The van der Waals surface area contributed by atoms with Gasteiger partial charge in [-0.05, 0) is 30.5 Å². The van der Waals surface area contributed by atoms with Crippen LogP contribution in [0.5, 0.6) is 11.5 Å². The highest BCUT2D eigenvalue weighted by Gasteiger charge is 2.35. The molecule has 26 heavy (non-hydrogen) atoms. The van der Waals surface area contributed by atoms with E-state index in [0.717, 1.165) is 12.8 Å². The molecule has 1 aliphatic heterocycles. The number of nitrogens with one attached hydrogen (secondary N) is 1. The zero-order valence-electron chi connectivity index (χ0n) is 15.3. The Morgan fingerprint density at radius 2 is 1.81 bits per heavy atom. The molecular formula is C21H25NO4. The van der Waals surface area contributed by atoms with Crippen molar-refractivity contribution in [2.45, 2.75) is 18.3 Å². The average Bonchev–Trinajstić information content (AvgIpc) is 2.72. The Morgan fingerprint density at radius 1 is 1.08 bits per heavy atom. The summed E-state index contributed by atoms with van der Waals surface area (Å²) in [5, 5.41) is 3.10. The monoisotopic (exact) mass is 355 g/mol. The smallest absolute Gasteiger partial charge is 0.255 e. The standard InChI is InChI=1S/C21H25NO4/c1-24-17-8-9-18(19(14-17)25-2)20(23)22-15-21(10-12-26-13-11-21)16-6-4-3-5-7-16/h3-9,14H,10-13,15H2,1-2H3,(H,22,23). The van der Waals surface area contributed by atoms with Gasteiger partial charge in [0.1, 0.15) is 11.5 Å². The fraction of sp³-hybridized carbons (Fsp3) is 0.381. The third-order valence-electron chi connectivity index (χ3n) is 5.08. The highest BCUT2D eigenvalue weighted by molar-refractivity contribution is 5.97. The fourth-order valence-electron chi connectivity index (χ4n) is 3.45. The Hall–Kier alpha value is -2.53. The predicted molar refractivity (Wildman–Crippen MR) is 100 cm³/mol. The maximum absolute atomic E-state index is 12.8. The second kappa shape index (κ2) is 8.23. The van der Waals surface area contributed by atoms with Crippen LogP contribution in [0.25, 0.3) is 0 Å². The van der Waals surface area contributed by atoms with Gasteiger partial charge in [0.2, 0.25) is 0 Å². The summed E-state index contributed by atoms with van der Waals surface area (Å²) in [7, 11) is 3.14. The number of methoxy groups -OCH3 is 2. The summed E-state index contributed by atoms with van der Waals surface area (Å²) in [6.45, 7) is 1.97. The molecule has 1 N–H and O–H groups in total. The lowest BCUT2D eigenvalue weighted by Crippen LogP contribution is -2.44. The maximum Gasteiger partial charge on any atom is 0.255 e. The second-order valence-corrected chi connectivity index (χ2v) is 6.51. The number of hydrogen-bond acceptors (Lipinski definition) is 4. The average molecular weight is 355 g/mol. The minimum atomic E-state index is -0.147. The van der Waals surface area contributed by atoms with Crippen LogP contribution in [-0.2, 0) is 10.2 Å². The number of hydrogen-bond donors (Lipinski definition) is 1. The van der Waals surface area contributed by atoms with E-state index in [9.17, 15) is 4.79 Å². The molecule has 3 rings (SSSR count). The van der Waals surface area contributed by atoms with E-state index in [4.69, 9.17) is 14.2 Å². The predicted octanol–water partition coefficient (Wildman–Crippen LogP) is 3.18. The van der Waals surface area contributed by atoms with Crippen LogP contribution >= 0.6 is 0 Å². The Morgan fingerprint density at radius 3 is 2.46 bits per heavy atom. The molecule has 0 radical (unpaired) electrons. The van der Waals surface area contributed by atoms with E-state index < -0.39 is 0 Å². The zero-order valence-corrected chi connectivity index (χ0v) is 15.3. The van der Waals surface area contributed by atoms with Crippen molar-refractivity contribution in [2.75, 3.05) is 34.0 Å². The molecule has 0 unspecified atom stereocenters. The third kappa shape index (κ3) is 3.83. The lowest BCUT2D eigenvalue weighted by molar-refractivity contribution is 0.0487. The first-order chi connectivity index (χ1) is 12.7. The Kier molecular flexibility index (Phi) is 5.78. The van der Waals surface area contributed by atoms with E-state index >= 15 is 0 Å². The first kappa shape index (κ1) is 18.3. The molecule has 0 atom stereocenters. The summed E-state index contributed by atoms with van der Waals surface area (Å²) in [4.78, 5) is 12.8. The van der Waals surface area contributed by atoms with Gasteiger partial charge >= 0.3 is 0 Å². The minimum Gasteiger partial charge on any atom is -0.497 e. The van der Waals surface area contributed by atoms with Crippen molar-refractivity contribution in [3.8, 4) is 11.5 Å². The molecule has 0 aliphatic carbocycles. The number of benzene rings is 2. The van der Waals surface area contributed by atoms with Crippen molar-refractivity contribution in [1.82, 2.24) is 5.32 Å². The summed E-state index contributed by atoms with van der Waals surface area (Å²) in [6, 6.07) is 15.6. The van der Waals surface area contributed by atoms with Gasteiger partial charge in [0, 0.05) is 31.2 Å². The lowest BCUT2D eigenvalue weighted by Gasteiger charge is -2.38. The molecule has 0 saturated carbocycles. The van der Waals surface area contributed by atoms with Crippen molar-refractivity contribution in [2.24, 2.45) is 0 Å². The van der Waals surface area contributed by atoms with Gasteiger partial charge in [-0.3, -0.25) is 4.79 Å². The summed E-state index contributed by atoms with van der Waals surface area (Å²) in [5.74, 6) is 1.01. The molecule has 2 aromatic carbocycles. The van der Waals surface area contributed by atoms with Crippen LogP contribution in [0.1, 0.15) is 28.8 Å². The van der Waals surface area contributed by atoms with E-state index in [1.54, 1.807) is 32.4 Å². The molecule has 0 aromatic heterocycles. The molecule has 0 spiro atoms. The number of carbonyl (C=O) groups excluding carboxylic acids is 1. The van der Waals surface area contributed by atoms with Crippen molar-refractivity contribution in [3.63, 3.8) is 0 Å². The van der Waals surface area contributed by atoms with Crippen LogP contribution in [0.3, 0.4) is 0 Å². The van der Waals surface area contributed by atoms with Crippen molar-refractivity contribution in [3.05, 3.63) is 59.7 Å². The molecule has 2 aromatic rings. The summed E-state index contributed by atoms with van der Waals surface area (Å²) < 4.78 is 16.1. The summed E-state index contributed by atoms with van der Waals surface area (Å²) >= 11 is 0. The topological polar surface area (TPSA) is 56.8 Å². The zero-order chi connectivity index (χ0) is 18.4. The first-order valence-electron chi connectivity index (χ1n) is 8.82. The largest absolute Gasteiger partial charge is 0.497 e. The minimum absolute atomic E-state index is 0.102. The Balaban J connectivity index is 1.78. The molecule has 1 amide bonds. The van der Waals surface area contributed by atoms with Crippen LogP contribution in [0, 0.1) is 0 Å². The van der Waals surface area contributed by atoms with Gasteiger partial charge in [0.25, 0.3) is 5.91 Å². The highest BCUT2D eigenvalue weighted by atomic mass is 16.5. The maximum atomic E-state index is 12.8. The van der Waals surface area contributed by atoms with Crippen LogP contribution in [-0.4, -0.2) is 39.9 Å². The van der Waals surface area contributed by atoms with Crippen molar-refractivity contribution in [1.29, 1.82) is 0 Å². The van der Waals surface area contributed by atoms with Gasteiger partial charge in [-0.1, -0.05) is 30.3 Å². The van der Waals surface area contributed by atoms with Gasteiger partial charge < -0.3 is 19.5 Å². The quantitative estimate of drug-likeness (QED) is 0.865. The van der Waals surface area contributed by atoms with E-state index in [2.05, 4.69) is 17.4 Å². The molecular weight excluding hydrogens is 330 g/mol. The molecule has 1 saturated heterocycles. The first-order valence-corrected chi connectivity index (χ1v) is 8.82. The number of rotatable bonds is 6. The van der Waals surface area contributed by atoms with Crippen molar-refractivity contribution >= 4 is 5.91 Å². The van der Waals surface area contributed by atoms with Crippen LogP contribution in [0.15, 0.2) is 48.5 Å². The normalized spacial score (nSPS) is 15.9. The third-order valence-corrected chi connectivity index (χ3v) is 5.08. The number of carbonyl (C=O) groups is 1. The van der Waals surface area contributed by atoms with E-state index in [1.807, 2.05) is 18.2 Å². The van der Waals surface area contributed by atoms with E-state index in [1.165, 1.54) is 5.56 Å².